The van der Waals surface area contributed by atoms with Crippen molar-refractivity contribution < 1.29 is 4.79 Å². The highest BCUT2D eigenvalue weighted by Crippen LogP contribution is 2.56. The summed E-state index contributed by atoms with van der Waals surface area (Å²) in [5.41, 5.74) is 2.68. The van der Waals surface area contributed by atoms with Crippen molar-refractivity contribution in [1.82, 2.24) is 14.7 Å². The summed E-state index contributed by atoms with van der Waals surface area (Å²) in [6.45, 7) is 11.2. The van der Waals surface area contributed by atoms with Crippen molar-refractivity contribution in [3.63, 3.8) is 0 Å². The van der Waals surface area contributed by atoms with Gasteiger partial charge in [0, 0.05) is 34.9 Å². The Labute approximate surface area is 234 Å². The molecule has 1 fully saturated rings. The van der Waals surface area contributed by atoms with E-state index in [0.29, 0.717) is 16.6 Å². The van der Waals surface area contributed by atoms with Gasteiger partial charge in [-0.15, -0.1) is 0 Å². The molecule has 0 aliphatic carbocycles. The second-order valence-corrected chi connectivity index (χ2v) is 12.5. The highest BCUT2D eigenvalue weighted by atomic mass is 35.5. The van der Waals surface area contributed by atoms with Crippen LogP contribution in [-0.4, -0.2) is 58.5 Å². The van der Waals surface area contributed by atoms with Crippen molar-refractivity contribution >= 4 is 46.0 Å². The molecule has 0 saturated carbocycles. The Morgan fingerprint density at radius 2 is 1.76 bits per heavy atom. The number of amides is 1. The molecule has 3 atom stereocenters. The molecular weight excluding hydrogens is 523 g/mol. The fourth-order valence-electron chi connectivity index (χ4n) is 5.93. The van der Waals surface area contributed by atoms with E-state index in [0.717, 1.165) is 46.4 Å². The van der Waals surface area contributed by atoms with E-state index in [1.807, 2.05) is 24.3 Å². The van der Waals surface area contributed by atoms with E-state index in [2.05, 4.69) is 73.7 Å². The highest BCUT2D eigenvalue weighted by molar-refractivity contribution is 8.18. The number of aliphatic imine (C=N–C) groups is 1. The van der Waals surface area contributed by atoms with E-state index < -0.39 is 5.54 Å². The minimum absolute atomic E-state index is 0.121. The van der Waals surface area contributed by atoms with Crippen LogP contribution in [0.15, 0.2) is 64.1 Å². The van der Waals surface area contributed by atoms with Crippen molar-refractivity contribution in [2.24, 2.45) is 10.9 Å². The van der Waals surface area contributed by atoms with Crippen LogP contribution in [0.4, 0.5) is 0 Å². The van der Waals surface area contributed by atoms with Crippen molar-refractivity contribution in [3.8, 4) is 0 Å². The van der Waals surface area contributed by atoms with E-state index in [1.54, 1.807) is 0 Å². The van der Waals surface area contributed by atoms with Crippen LogP contribution in [0.3, 0.4) is 0 Å². The summed E-state index contributed by atoms with van der Waals surface area (Å²) in [6.07, 6.45) is 1.01. The van der Waals surface area contributed by atoms with Gasteiger partial charge in [0.15, 0.2) is 5.17 Å². The van der Waals surface area contributed by atoms with Gasteiger partial charge in [-0.05, 0) is 86.9 Å². The van der Waals surface area contributed by atoms with Crippen molar-refractivity contribution in [3.05, 3.63) is 80.3 Å². The lowest BCUT2D eigenvalue weighted by molar-refractivity contribution is -0.128. The van der Waals surface area contributed by atoms with E-state index >= 15 is 0 Å². The number of halogens is 2. The number of amidine groups is 1. The van der Waals surface area contributed by atoms with Crippen LogP contribution in [0.1, 0.15) is 51.3 Å². The second-order valence-electron chi connectivity index (χ2n) is 10.6. The quantitative estimate of drug-likeness (QED) is 0.392. The predicted molar refractivity (Wildman–Crippen MR) is 155 cm³/mol. The smallest absolute Gasteiger partial charge is 0.262 e. The molecular formula is C29H34Cl2N4OS. The van der Waals surface area contributed by atoms with Gasteiger partial charge in [0.1, 0.15) is 10.4 Å². The van der Waals surface area contributed by atoms with Crippen LogP contribution in [0.2, 0.25) is 10.0 Å². The number of likely N-dealkylation sites (N-methyl/N-ethyl adjacent to an activating group) is 2. The first-order valence-electron chi connectivity index (χ1n) is 13.0. The average Bonchev–Trinajstić information content (AvgIpc) is 3.52. The number of fused-ring (bicyclic) bond motifs is 1. The van der Waals surface area contributed by atoms with Crippen LogP contribution < -0.4 is 0 Å². The molecule has 0 spiro atoms. The SMILES string of the molecule is CCN(C(=O)C1=C(C(C)C)N2C(=N[C@@](C)(c3ccc(Cl)cc3)[C@H]2c2ccc(Cl)cc2)S1)[C@H]1CCN(C)C1. The molecule has 2 aromatic rings. The number of thioether (sulfide) groups is 1. The first-order valence-corrected chi connectivity index (χ1v) is 14.5. The lowest BCUT2D eigenvalue weighted by Gasteiger charge is -2.37. The van der Waals surface area contributed by atoms with Gasteiger partial charge in [-0.3, -0.25) is 4.79 Å². The molecule has 5 nitrogen and oxygen atoms in total. The predicted octanol–water partition coefficient (Wildman–Crippen LogP) is 6.79. The lowest BCUT2D eigenvalue weighted by Crippen LogP contribution is -2.42. The topological polar surface area (TPSA) is 39.2 Å². The summed E-state index contributed by atoms with van der Waals surface area (Å²) in [5.74, 6) is 0.267. The van der Waals surface area contributed by atoms with Crippen LogP contribution in [0, 0.1) is 5.92 Å². The standard InChI is InChI=1S/C29H34Cl2N4OS/c1-6-34(23-15-16-33(5)17-23)27(36)25-24(18(2)3)35-26(19-7-11-21(30)12-8-19)29(4,32-28(35)37-25)20-9-13-22(31)14-10-20/h7-14,18,23,26H,6,15-17H2,1-5H3/t23-,26+,29-/m0/s1. The zero-order valence-corrected chi connectivity index (χ0v) is 24.4. The van der Waals surface area contributed by atoms with E-state index in [-0.39, 0.29) is 23.9 Å². The maximum absolute atomic E-state index is 14.1. The van der Waals surface area contributed by atoms with Crippen LogP contribution in [0.25, 0.3) is 0 Å². The molecule has 1 amide bonds. The third kappa shape index (κ3) is 4.71. The Balaban J connectivity index is 1.61. The zero-order chi connectivity index (χ0) is 26.5. The minimum atomic E-state index is -0.561. The first kappa shape index (κ1) is 26.6. The summed E-state index contributed by atoms with van der Waals surface area (Å²) < 4.78 is 0. The second kappa shape index (κ2) is 10.3. The largest absolute Gasteiger partial charge is 0.334 e. The molecule has 0 radical (unpaired) electrons. The molecule has 0 unspecified atom stereocenters. The summed E-state index contributed by atoms with van der Waals surface area (Å²) in [6, 6.07) is 16.1. The molecule has 8 heteroatoms. The molecule has 2 aromatic carbocycles. The minimum Gasteiger partial charge on any atom is -0.334 e. The summed E-state index contributed by atoms with van der Waals surface area (Å²) in [7, 11) is 2.13. The number of likely N-dealkylation sites (tertiary alicyclic amines) is 1. The molecule has 0 bridgehead atoms. The Morgan fingerprint density at radius 1 is 1.14 bits per heavy atom. The normalized spacial score (nSPS) is 25.7. The number of benzene rings is 2. The number of allylic oxidation sites excluding steroid dienone is 1. The van der Waals surface area contributed by atoms with Gasteiger partial charge in [-0.2, -0.15) is 0 Å². The summed E-state index contributed by atoms with van der Waals surface area (Å²) >= 11 is 14.0. The van der Waals surface area contributed by atoms with Crippen LogP contribution in [0.5, 0.6) is 0 Å². The van der Waals surface area contributed by atoms with Gasteiger partial charge < -0.3 is 14.7 Å². The molecule has 3 aliphatic rings. The fourth-order valence-corrected chi connectivity index (χ4v) is 7.54. The molecule has 3 heterocycles. The molecule has 5 rings (SSSR count). The Bertz CT molecular complexity index is 1240. The molecule has 0 N–H and O–H groups in total. The van der Waals surface area contributed by atoms with Gasteiger partial charge >= 0.3 is 0 Å². The molecule has 37 heavy (non-hydrogen) atoms. The number of rotatable bonds is 6. The van der Waals surface area contributed by atoms with Gasteiger partial charge in [0.2, 0.25) is 0 Å². The van der Waals surface area contributed by atoms with E-state index in [9.17, 15) is 4.79 Å². The van der Waals surface area contributed by atoms with Crippen LogP contribution >= 0.6 is 35.0 Å². The number of carbonyl (C=O) groups excluding carboxylic acids is 1. The highest BCUT2D eigenvalue weighted by Gasteiger charge is 2.53. The number of hydrogen-bond donors (Lipinski definition) is 0. The Hall–Kier alpha value is -1.99. The van der Waals surface area contributed by atoms with Crippen molar-refractivity contribution in [2.75, 3.05) is 26.7 Å². The third-order valence-corrected chi connectivity index (χ3v) is 9.34. The first-order chi connectivity index (χ1) is 17.6. The monoisotopic (exact) mass is 556 g/mol. The van der Waals surface area contributed by atoms with Gasteiger partial charge in [0.25, 0.3) is 5.91 Å². The average molecular weight is 558 g/mol. The van der Waals surface area contributed by atoms with E-state index in [4.69, 9.17) is 28.2 Å². The van der Waals surface area contributed by atoms with Gasteiger partial charge in [-0.1, -0.05) is 61.3 Å². The molecule has 1 saturated heterocycles. The number of hydrogen-bond acceptors (Lipinski definition) is 5. The maximum atomic E-state index is 14.1. The number of nitrogens with zero attached hydrogens (tertiary/aromatic N) is 4. The maximum Gasteiger partial charge on any atom is 0.262 e. The molecule has 3 aliphatic heterocycles. The van der Waals surface area contributed by atoms with E-state index in [1.165, 1.54) is 11.8 Å². The lowest BCUT2D eigenvalue weighted by atomic mass is 9.81. The number of carbonyl (C=O) groups is 1. The third-order valence-electron chi connectivity index (χ3n) is 7.77. The summed E-state index contributed by atoms with van der Waals surface area (Å²) in [4.78, 5) is 26.9. The van der Waals surface area contributed by atoms with Crippen molar-refractivity contribution in [2.45, 2.75) is 51.7 Å². The van der Waals surface area contributed by atoms with Crippen molar-refractivity contribution in [1.29, 1.82) is 0 Å². The van der Waals surface area contributed by atoms with Gasteiger partial charge in [-0.25, -0.2) is 4.99 Å². The Kier molecular flexibility index (Phi) is 7.40. The fraction of sp³-hybridized carbons (Fsp3) is 0.448. The molecule has 0 aromatic heterocycles. The van der Waals surface area contributed by atoms with Crippen LogP contribution in [-0.2, 0) is 10.3 Å². The van der Waals surface area contributed by atoms with Gasteiger partial charge in [0.05, 0.1) is 6.04 Å². The Morgan fingerprint density at radius 3 is 2.30 bits per heavy atom. The molecule has 196 valence electrons. The zero-order valence-electron chi connectivity index (χ0n) is 22.0. The summed E-state index contributed by atoms with van der Waals surface area (Å²) in [5, 5.41) is 2.27.